The minimum Gasteiger partial charge on any atom is -0.497 e. The Morgan fingerprint density at radius 2 is 1.64 bits per heavy atom. The third-order valence-corrected chi connectivity index (χ3v) is 6.41. The number of hydrogen-bond donors (Lipinski definition) is 1. The van der Waals surface area contributed by atoms with Crippen molar-refractivity contribution in [3.8, 4) is 16.9 Å². The number of methoxy groups -OCH3 is 1. The Labute approximate surface area is 212 Å². The fourth-order valence-electron chi connectivity index (χ4n) is 4.77. The van der Waals surface area contributed by atoms with Crippen LogP contribution in [0.3, 0.4) is 0 Å². The first-order valence-corrected chi connectivity index (χ1v) is 12.1. The average molecular weight is 488 g/mol. The van der Waals surface area contributed by atoms with Gasteiger partial charge in [0.2, 0.25) is 0 Å². The summed E-state index contributed by atoms with van der Waals surface area (Å²) in [7, 11) is 1.59. The van der Waals surface area contributed by atoms with Gasteiger partial charge >= 0.3 is 5.97 Å². The second-order valence-electron chi connectivity index (χ2n) is 10.2. The Hall–Kier alpha value is -3.64. The molecule has 0 saturated heterocycles. The van der Waals surface area contributed by atoms with Gasteiger partial charge in [-0.05, 0) is 93.6 Å². The molecule has 0 aromatic heterocycles. The lowest BCUT2D eigenvalue weighted by atomic mass is 9.86. The molecule has 0 fully saturated rings. The minimum absolute atomic E-state index is 0.0980. The van der Waals surface area contributed by atoms with E-state index in [1.165, 1.54) is 0 Å². The van der Waals surface area contributed by atoms with Crippen LogP contribution in [-0.4, -0.2) is 36.2 Å². The summed E-state index contributed by atoms with van der Waals surface area (Å²) in [5, 5.41) is 10.2. The number of aryl methyl sites for hydroxylation is 2. The number of carbonyl (C=O) groups is 2. The molecule has 0 unspecified atom stereocenters. The van der Waals surface area contributed by atoms with Gasteiger partial charge in [0.05, 0.1) is 12.7 Å². The molecule has 36 heavy (non-hydrogen) atoms. The Kier molecular flexibility index (Phi) is 6.92. The largest absolute Gasteiger partial charge is 0.497 e. The number of benzene rings is 3. The summed E-state index contributed by atoms with van der Waals surface area (Å²) in [5.41, 5.74) is 5.97. The molecular formula is C30H33NO5. The predicted octanol–water partition coefficient (Wildman–Crippen LogP) is 6.12. The van der Waals surface area contributed by atoms with E-state index in [0.717, 1.165) is 33.5 Å². The summed E-state index contributed by atoms with van der Waals surface area (Å²) in [6, 6.07) is 17.1. The zero-order valence-corrected chi connectivity index (χ0v) is 21.7. The van der Waals surface area contributed by atoms with Crippen molar-refractivity contribution < 1.29 is 24.2 Å². The van der Waals surface area contributed by atoms with Crippen LogP contribution in [0.1, 0.15) is 59.5 Å². The maximum Gasteiger partial charge on any atom is 0.337 e. The van der Waals surface area contributed by atoms with Crippen LogP contribution < -0.4 is 9.64 Å². The molecule has 4 rings (SSSR count). The number of carbonyl (C=O) groups excluding carboxylic acids is 1. The molecule has 3 aromatic rings. The lowest BCUT2D eigenvalue weighted by Gasteiger charge is -2.29. The van der Waals surface area contributed by atoms with Gasteiger partial charge in [-0.25, -0.2) is 4.79 Å². The van der Waals surface area contributed by atoms with Crippen molar-refractivity contribution in [3.05, 3.63) is 82.4 Å². The minimum atomic E-state index is -1.14. The summed E-state index contributed by atoms with van der Waals surface area (Å²) in [6.45, 7) is 9.98. The first kappa shape index (κ1) is 25.5. The normalized spacial score (nSPS) is 13.9. The number of amides is 1. The highest BCUT2D eigenvalue weighted by molar-refractivity contribution is 6.08. The van der Waals surface area contributed by atoms with Crippen LogP contribution in [-0.2, 0) is 16.0 Å². The molecule has 6 nitrogen and oxygen atoms in total. The second kappa shape index (κ2) is 9.78. The summed E-state index contributed by atoms with van der Waals surface area (Å²) in [5.74, 6) is -0.446. The highest BCUT2D eigenvalue weighted by Gasteiger charge is 2.36. The van der Waals surface area contributed by atoms with Gasteiger partial charge in [0.1, 0.15) is 5.75 Å². The monoisotopic (exact) mass is 487 g/mol. The van der Waals surface area contributed by atoms with Gasteiger partial charge in [0, 0.05) is 23.4 Å². The van der Waals surface area contributed by atoms with E-state index in [2.05, 4.69) is 0 Å². The van der Waals surface area contributed by atoms with Crippen molar-refractivity contribution in [2.24, 2.45) is 0 Å². The van der Waals surface area contributed by atoms with E-state index in [1.54, 1.807) is 36.3 Å². The van der Waals surface area contributed by atoms with E-state index in [0.29, 0.717) is 29.8 Å². The lowest BCUT2D eigenvalue weighted by Crippen LogP contribution is -2.29. The number of rotatable bonds is 6. The molecule has 6 heteroatoms. The number of hydrogen-bond acceptors (Lipinski definition) is 4. The van der Waals surface area contributed by atoms with E-state index in [9.17, 15) is 14.7 Å². The number of aliphatic carboxylic acids is 1. The van der Waals surface area contributed by atoms with Gasteiger partial charge in [-0.1, -0.05) is 29.8 Å². The number of carboxylic acid groups (broad SMARTS) is 1. The molecule has 0 bridgehead atoms. The zero-order chi connectivity index (χ0) is 26.2. The van der Waals surface area contributed by atoms with Crippen molar-refractivity contribution in [1.82, 2.24) is 0 Å². The smallest absolute Gasteiger partial charge is 0.337 e. The molecule has 188 valence electrons. The molecular weight excluding hydrogens is 454 g/mol. The number of fused-ring (bicyclic) bond motifs is 1. The standard InChI is InChI=1S/C30H33NO5/c1-18-7-9-20(10-8-18)26-23-15-16-31(28(32)21-11-13-22(35-6)14-12-21)24(23)17-19(2)25(26)27(29(33)34)36-30(3,4)5/h7-14,17,27H,15-16H2,1-6H3,(H,33,34)/t27-/m0/s1. The van der Waals surface area contributed by atoms with Crippen LogP contribution in [0.4, 0.5) is 5.69 Å². The van der Waals surface area contributed by atoms with Crippen LogP contribution in [0, 0.1) is 13.8 Å². The second-order valence-corrected chi connectivity index (χ2v) is 10.2. The molecule has 0 spiro atoms. The van der Waals surface area contributed by atoms with Gasteiger partial charge in [-0.2, -0.15) is 0 Å². The maximum atomic E-state index is 13.5. The molecule has 1 heterocycles. The van der Waals surface area contributed by atoms with Crippen LogP contribution in [0.5, 0.6) is 5.75 Å². The molecule has 0 saturated carbocycles. The van der Waals surface area contributed by atoms with Crippen LogP contribution >= 0.6 is 0 Å². The Morgan fingerprint density at radius 1 is 1.00 bits per heavy atom. The Balaban J connectivity index is 1.89. The molecule has 1 amide bonds. The Bertz CT molecular complexity index is 1290. The molecule has 1 N–H and O–H groups in total. The molecule has 0 aliphatic carbocycles. The number of nitrogens with zero attached hydrogens (tertiary/aromatic N) is 1. The van der Waals surface area contributed by atoms with Gasteiger partial charge < -0.3 is 19.5 Å². The van der Waals surface area contributed by atoms with Crippen molar-refractivity contribution >= 4 is 17.6 Å². The number of ether oxygens (including phenoxy) is 2. The summed E-state index contributed by atoms with van der Waals surface area (Å²) >= 11 is 0. The molecule has 1 atom stereocenters. The van der Waals surface area contributed by atoms with E-state index in [4.69, 9.17) is 9.47 Å². The third kappa shape index (κ3) is 5.00. The summed E-state index contributed by atoms with van der Waals surface area (Å²) < 4.78 is 11.3. The van der Waals surface area contributed by atoms with Crippen LogP contribution in [0.15, 0.2) is 54.6 Å². The maximum absolute atomic E-state index is 13.5. The van der Waals surface area contributed by atoms with Gasteiger partial charge in [-0.3, -0.25) is 4.79 Å². The molecule has 1 aliphatic rings. The topological polar surface area (TPSA) is 76.1 Å². The van der Waals surface area contributed by atoms with Crippen molar-refractivity contribution in [1.29, 1.82) is 0 Å². The number of anilines is 1. The van der Waals surface area contributed by atoms with E-state index in [1.807, 2.05) is 65.0 Å². The van der Waals surface area contributed by atoms with Crippen molar-refractivity contribution in [2.75, 3.05) is 18.6 Å². The van der Waals surface area contributed by atoms with Gasteiger partial charge in [0.15, 0.2) is 6.10 Å². The fourth-order valence-corrected chi connectivity index (χ4v) is 4.77. The highest BCUT2D eigenvalue weighted by Crippen LogP contribution is 2.45. The van der Waals surface area contributed by atoms with Crippen LogP contribution in [0.25, 0.3) is 11.1 Å². The van der Waals surface area contributed by atoms with Crippen molar-refractivity contribution in [2.45, 2.75) is 52.7 Å². The SMILES string of the molecule is COc1ccc(C(=O)N2CCc3c2cc(C)c([C@H](OC(C)(C)C)C(=O)O)c3-c2ccc(C)cc2)cc1. The zero-order valence-electron chi connectivity index (χ0n) is 21.7. The average Bonchev–Trinajstić information content (AvgIpc) is 3.24. The quantitative estimate of drug-likeness (QED) is 0.453. The van der Waals surface area contributed by atoms with Crippen LogP contribution in [0.2, 0.25) is 0 Å². The third-order valence-electron chi connectivity index (χ3n) is 6.41. The Morgan fingerprint density at radius 3 is 2.19 bits per heavy atom. The number of carboxylic acids is 1. The summed E-state index contributed by atoms with van der Waals surface area (Å²) in [4.78, 5) is 27.8. The van der Waals surface area contributed by atoms with Crippen molar-refractivity contribution in [3.63, 3.8) is 0 Å². The van der Waals surface area contributed by atoms with E-state index < -0.39 is 17.7 Å². The molecule has 1 aliphatic heterocycles. The lowest BCUT2D eigenvalue weighted by molar-refractivity contribution is -0.160. The fraction of sp³-hybridized carbons (Fsp3) is 0.333. The van der Waals surface area contributed by atoms with Gasteiger partial charge in [0.25, 0.3) is 5.91 Å². The van der Waals surface area contributed by atoms with E-state index in [-0.39, 0.29) is 5.91 Å². The first-order valence-electron chi connectivity index (χ1n) is 12.1. The van der Waals surface area contributed by atoms with Gasteiger partial charge in [-0.15, -0.1) is 0 Å². The van der Waals surface area contributed by atoms with E-state index >= 15 is 0 Å². The first-order chi connectivity index (χ1) is 17.0. The molecule has 3 aromatic carbocycles. The molecule has 0 radical (unpaired) electrons. The highest BCUT2D eigenvalue weighted by atomic mass is 16.5. The summed E-state index contributed by atoms with van der Waals surface area (Å²) in [6.07, 6.45) is -0.520. The predicted molar refractivity (Wildman–Crippen MR) is 141 cm³/mol.